The summed E-state index contributed by atoms with van der Waals surface area (Å²) in [5, 5.41) is 2.32. The first-order valence-corrected chi connectivity index (χ1v) is 17.6. The normalized spacial score (nSPS) is 11.8. The van der Waals surface area contributed by atoms with Gasteiger partial charge in [0.25, 0.3) is 0 Å². The fraction of sp³-hybridized carbons (Fsp3) is 0.106. The molecule has 0 unspecified atom stereocenters. The Morgan fingerprint density at radius 3 is 1.94 bits per heavy atom. The van der Waals surface area contributed by atoms with E-state index in [2.05, 4.69) is 199 Å². The van der Waals surface area contributed by atoms with Gasteiger partial charge in [0.1, 0.15) is 5.82 Å². The van der Waals surface area contributed by atoms with Crippen LogP contribution in [-0.2, 0) is 26.5 Å². The molecule has 52 heavy (non-hydrogen) atoms. The van der Waals surface area contributed by atoms with Gasteiger partial charge < -0.3 is 4.57 Å². The van der Waals surface area contributed by atoms with E-state index in [-0.39, 0.29) is 21.1 Å². The van der Waals surface area contributed by atoms with Crippen molar-refractivity contribution in [3.8, 4) is 11.5 Å². The second-order valence-electron chi connectivity index (χ2n) is 13.6. The van der Waals surface area contributed by atoms with Crippen molar-refractivity contribution in [1.29, 1.82) is 0 Å². The topological polar surface area (TPSA) is 27.7 Å². The molecule has 0 fully saturated rings. The van der Waals surface area contributed by atoms with E-state index in [4.69, 9.17) is 4.98 Å². The number of hydrogen-bond donors (Lipinski definition) is 0. The number of fused-ring (bicyclic) bond motifs is 4. The first-order chi connectivity index (χ1) is 25.0. The van der Waals surface area contributed by atoms with Crippen LogP contribution in [0.15, 0.2) is 164 Å². The van der Waals surface area contributed by atoms with Gasteiger partial charge in [0.2, 0.25) is 0 Å². The van der Waals surface area contributed by atoms with Crippen molar-refractivity contribution in [3.63, 3.8) is 0 Å². The van der Waals surface area contributed by atoms with E-state index >= 15 is 0 Å². The second-order valence-corrected chi connectivity index (χ2v) is 13.6. The molecule has 0 bridgehead atoms. The van der Waals surface area contributed by atoms with Crippen LogP contribution in [0.1, 0.15) is 47.7 Å². The van der Waals surface area contributed by atoms with Crippen molar-refractivity contribution < 1.29 is 21.1 Å². The average molecular weight is 853 g/mol. The van der Waals surface area contributed by atoms with Crippen LogP contribution in [0.2, 0.25) is 0 Å². The molecule has 6 aromatic carbocycles. The first-order valence-electron chi connectivity index (χ1n) is 17.6. The molecule has 0 saturated carbocycles. The smallest absolute Gasteiger partial charge is 0.188 e. The van der Waals surface area contributed by atoms with Crippen LogP contribution in [-0.4, -0.2) is 18.7 Å². The molecule has 0 amide bonds. The van der Waals surface area contributed by atoms with Gasteiger partial charge in [-0.1, -0.05) is 90.4 Å². The molecule has 3 heterocycles. The molecule has 256 valence electrons. The summed E-state index contributed by atoms with van der Waals surface area (Å²) in [6, 6.07) is 62.4. The van der Waals surface area contributed by atoms with Gasteiger partial charge in [-0.15, -0.1) is 22.6 Å². The maximum atomic E-state index is 4.86. The van der Waals surface area contributed by atoms with Crippen LogP contribution < -0.4 is 0 Å². The van der Waals surface area contributed by atoms with Crippen molar-refractivity contribution >= 4 is 32.8 Å². The Balaban J connectivity index is 0.00000387. The Bertz CT molecular complexity index is 2650. The molecule has 0 radical (unpaired) electrons. The third kappa shape index (κ3) is 5.33. The second kappa shape index (κ2) is 13.5. The number of hydrogen-bond acceptors (Lipinski definition) is 1. The molecular weight excluding hydrogens is 816 g/mol. The molecule has 9 rings (SSSR count). The Labute approximate surface area is 318 Å². The Morgan fingerprint density at radius 1 is 0.615 bits per heavy atom. The maximum absolute atomic E-state index is 4.86. The quantitative estimate of drug-likeness (QED) is 0.116. The average Bonchev–Trinajstić information content (AvgIpc) is 3.73. The van der Waals surface area contributed by atoms with Gasteiger partial charge in [0, 0.05) is 56.0 Å². The van der Waals surface area contributed by atoms with Crippen LogP contribution in [0.4, 0.5) is 0 Å². The number of imidazole rings is 1. The fourth-order valence-corrected chi connectivity index (χ4v) is 7.86. The number of aromatic nitrogens is 4. The van der Waals surface area contributed by atoms with Gasteiger partial charge in [0.05, 0.1) is 6.04 Å². The summed E-state index contributed by atoms with van der Waals surface area (Å²) < 4.78 is 6.86. The SMILES string of the molecule is Cc1ccnc(-n2c3[c-]c(C(c4[c-]c(-n5[cH+]n(C(C)C)c6ccccc65)ccc4)(c4ccccc4)c4ccccc4)ccc3c3ccccc32)c1.[Pt]. The van der Waals surface area contributed by atoms with E-state index < -0.39 is 5.41 Å². The summed E-state index contributed by atoms with van der Waals surface area (Å²) in [6.45, 7) is 6.57. The summed E-state index contributed by atoms with van der Waals surface area (Å²) in [7, 11) is 0. The number of nitrogens with zero attached hydrogens (tertiary/aromatic N) is 4. The van der Waals surface area contributed by atoms with E-state index in [1.54, 1.807) is 0 Å². The van der Waals surface area contributed by atoms with Gasteiger partial charge in [-0.2, -0.15) is 30.3 Å². The summed E-state index contributed by atoms with van der Waals surface area (Å²) >= 11 is 0. The fourth-order valence-electron chi connectivity index (χ4n) is 7.86. The minimum atomic E-state index is -0.745. The standard InChI is InChI=1S/C47H37N4.Pt/c1-33(2)49-32-50(44-24-13-12-23-43(44)49)39-20-14-19-37(30-39)47(35-15-6-4-7-16-35,36-17-8-5-9-18-36)38-25-26-41-40-21-10-11-22-42(40)51(45(41)31-38)46-29-34(3)27-28-48-46;/h4-29,32-33H,1-3H3;/q-1;. The van der Waals surface area contributed by atoms with Gasteiger partial charge >= 0.3 is 0 Å². The summed E-state index contributed by atoms with van der Waals surface area (Å²) in [6.07, 6.45) is 4.10. The monoisotopic (exact) mass is 852 g/mol. The van der Waals surface area contributed by atoms with E-state index in [0.29, 0.717) is 6.04 Å². The van der Waals surface area contributed by atoms with Crippen LogP contribution in [0.5, 0.6) is 0 Å². The molecule has 5 heteroatoms. The molecular formula is C47H37N4Pt-. The van der Waals surface area contributed by atoms with Gasteiger partial charge in [-0.05, 0) is 73.2 Å². The largest absolute Gasteiger partial charge is 0.319 e. The number of benzene rings is 6. The van der Waals surface area contributed by atoms with Crippen LogP contribution in [0.25, 0.3) is 44.3 Å². The third-order valence-electron chi connectivity index (χ3n) is 10.2. The van der Waals surface area contributed by atoms with Crippen molar-refractivity contribution in [2.45, 2.75) is 32.2 Å². The predicted octanol–water partition coefficient (Wildman–Crippen LogP) is 11.1. The van der Waals surface area contributed by atoms with Crippen LogP contribution >= 0.6 is 0 Å². The molecule has 0 spiro atoms. The number of pyridine rings is 1. The Hall–Kier alpha value is -5.57. The van der Waals surface area contributed by atoms with Crippen LogP contribution in [0, 0.1) is 19.1 Å². The number of aryl methyl sites for hydroxylation is 1. The van der Waals surface area contributed by atoms with Crippen LogP contribution in [0.3, 0.4) is 0 Å². The zero-order chi connectivity index (χ0) is 34.5. The minimum Gasteiger partial charge on any atom is -0.319 e. The number of para-hydroxylation sites is 3. The van der Waals surface area contributed by atoms with Crippen molar-refractivity contribution in [2.24, 2.45) is 0 Å². The molecule has 0 N–H and O–H groups in total. The summed E-state index contributed by atoms with van der Waals surface area (Å²) in [4.78, 5) is 4.86. The summed E-state index contributed by atoms with van der Waals surface area (Å²) in [5.74, 6) is 0.881. The molecule has 3 aromatic heterocycles. The van der Waals surface area contributed by atoms with E-state index in [1.165, 1.54) is 10.9 Å². The predicted molar refractivity (Wildman–Crippen MR) is 209 cm³/mol. The van der Waals surface area contributed by atoms with E-state index in [1.807, 2.05) is 12.3 Å². The minimum absolute atomic E-state index is 0. The first kappa shape index (κ1) is 33.6. The number of rotatable bonds is 7. The molecule has 9 aromatic rings. The molecule has 0 atom stereocenters. The zero-order valence-corrected chi connectivity index (χ0v) is 31.5. The molecule has 0 aliphatic heterocycles. The summed E-state index contributed by atoms with van der Waals surface area (Å²) in [5.41, 5.74) is 10.2. The van der Waals surface area contributed by atoms with Crippen molar-refractivity contribution in [2.75, 3.05) is 0 Å². The van der Waals surface area contributed by atoms with Gasteiger partial charge in [-0.25, -0.2) is 14.1 Å². The van der Waals surface area contributed by atoms with E-state index in [9.17, 15) is 0 Å². The molecule has 0 aliphatic carbocycles. The third-order valence-corrected chi connectivity index (χ3v) is 10.2. The maximum Gasteiger partial charge on any atom is 0.188 e. The van der Waals surface area contributed by atoms with Gasteiger partial charge in [0.15, 0.2) is 17.4 Å². The van der Waals surface area contributed by atoms with Gasteiger partial charge in [-0.3, -0.25) is 0 Å². The molecule has 4 nitrogen and oxygen atoms in total. The van der Waals surface area contributed by atoms with Crippen molar-refractivity contribution in [3.05, 3.63) is 204 Å². The Kier molecular flexibility index (Phi) is 8.73. The molecule has 0 aliphatic rings. The molecule has 0 saturated heterocycles. The Morgan fingerprint density at radius 2 is 1.25 bits per heavy atom. The van der Waals surface area contributed by atoms with Crippen molar-refractivity contribution in [1.82, 2.24) is 18.7 Å². The van der Waals surface area contributed by atoms with E-state index in [0.717, 1.165) is 61.3 Å². The zero-order valence-electron chi connectivity index (χ0n) is 29.3.